The number of rotatable bonds is 3. The van der Waals surface area contributed by atoms with Crippen molar-refractivity contribution in [2.45, 2.75) is 33.5 Å². The highest BCUT2D eigenvalue weighted by atomic mass is 19.4. The van der Waals surface area contributed by atoms with Gasteiger partial charge in [-0.3, -0.25) is 0 Å². The quantitative estimate of drug-likeness (QED) is 0.500. The zero-order valence-corrected chi connectivity index (χ0v) is 15.6. The van der Waals surface area contributed by atoms with Crippen molar-refractivity contribution in [3.63, 3.8) is 0 Å². The molecule has 0 atom stereocenters. The minimum absolute atomic E-state index is 0.0384. The van der Waals surface area contributed by atoms with E-state index in [0.29, 0.717) is 34.1 Å². The Bertz CT molecular complexity index is 1250. The molecule has 4 aromatic rings. The third-order valence-corrected chi connectivity index (χ3v) is 4.71. The number of alkyl halides is 3. The number of nitrogens with zero attached hydrogens (tertiary/aromatic N) is 5. The van der Waals surface area contributed by atoms with Gasteiger partial charge in [0.2, 0.25) is 0 Å². The summed E-state index contributed by atoms with van der Waals surface area (Å²) in [4.78, 5) is 4.33. The van der Waals surface area contributed by atoms with Crippen LogP contribution in [0.5, 0.6) is 0 Å². The number of fused-ring (bicyclic) bond motifs is 1. The summed E-state index contributed by atoms with van der Waals surface area (Å²) >= 11 is 0. The molecule has 1 aromatic carbocycles. The molecule has 10 heteroatoms. The summed E-state index contributed by atoms with van der Waals surface area (Å²) in [6, 6.07) is 5.69. The van der Waals surface area contributed by atoms with E-state index in [1.807, 2.05) is 0 Å². The zero-order valence-electron chi connectivity index (χ0n) is 15.6. The van der Waals surface area contributed by atoms with E-state index in [2.05, 4.69) is 15.3 Å². The van der Waals surface area contributed by atoms with Gasteiger partial charge in [-0.05, 0) is 39.0 Å². The summed E-state index contributed by atoms with van der Waals surface area (Å²) in [7, 11) is 0. The molecule has 0 aliphatic heterocycles. The first-order valence-corrected chi connectivity index (χ1v) is 8.56. The average Bonchev–Trinajstić information content (AvgIpc) is 3.32. The first-order valence-electron chi connectivity index (χ1n) is 8.56. The van der Waals surface area contributed by atoms with Gasteiger partial charge in [0, 0.05) is 16.6 Å². The summed E-state index contributed by atoms with van der Waals surface area (Å²) in [5.41, 5.74) is 0.739. The molecule has 29 heavy (non-hydrogen) atoms. The molecular weight excluding hydrogens is 387 g/mol. The maximum Gasteiger partial charge on any atom is 0.418 e. The van der Waals surface area contributed by atoms with Crippen LogP contribution < -0.4 is 0 Å². The first kappa shape index (κ1) is 18.7. The van der Waals surface area contributed by atoms with Gasteiger partial charge in [-0.15, -0.1) is 0 Å². The number of hydrogen-bond acceptors (Lipinski definition) is 6. The maximum atomic E-state index is 13.6. The van der Waals surface area contributed by atoms with Crippen LogP contribution in [0.15, 0.2) is 27.2 Å². The molecule has 3 aromatic heterocycles. The topological polar surface area (TPSA) is 93.7 Å². The molecule has 0 saturated heterocycles. The average molecular weight is 401 g/mol. The molecule has 0 saturated carbocycles. The fraction of sp³-hybridized carbons (Fsp3) is 0.263. The Morgan fingerprint density at radius 2 is 1.90 bits per heavy atom. The van der Waals surface area contributed by atoms with Gasteiger partial charge in [0.1, 0.15) is 11.3 Å². The van der Waals surface area contributed by atoms with Crippen molar-refractivity contribution in [2.75, 3.05) is 0 Å². The van der Waals surface area contributed by atoms with Crippen molar-refractivity contribution in [1.29, 1.82) is 5.26 Å². The molecule has 0 bridgehead atoms. The van der Waals surface area contributed by atoms with Crippen LogP contribution in [0.25, 0.3) is 22.4 Å². The maximum absolute atomic E-state index is 13.6. The molecule has 4 rings (SSSR count). The van der Waals surface area contributed by atoms with E-state index < -0.39 is 17.3 Å². The standard InChI is InChI=1S/C19H14F3N5O2/c1-9-6-13-14(5-4-12(7-23)17(13)19(20,21)22)27(9)8-15-24-18(29-26-15)16-10(2)25-28-11(16)3/h4-6H,8H2,1-3H3. The van der Waals surface area contributed by atoms with E-state index in [1.165, 1.54) is 18.2 Å². The van der Waals surface area contributed by atoms with Gasteiger partial charge in [-0.1, -0.05) is 10.3 Å². The Kier molecular flexibility index (Phi) is 4.19. The van der Waals surface area contributed by atoms with Gasteiger partial charge in [0.05, 0.1) is 29.4 Å². The normalized spacial score (nSPS) is 11.9. The molecule has 0 amide bonds. The molecule has 0 radical (unpaired) electrons. The van der Waals surface area contributed by atoms with Crippen LogP contribution in [0.4, 0.5) is 13.2 Å². The van der Waals surface area contributed by atoms with Crippen LogP contribution >= 0.6 is 0 Å². The fourth-order valence-corrected chi connectivity index (χ4v) is 3.42. The summed E-state index contributed by atoms with van der Waals surface area (Å²) in [6.45, 7) is 5.24. The molecule has 0 fully saturated rings. The van der Waals surface area contributed by atoms with E-state index in [0.717, 1.165) is 0 Å². The predicted molar refractivity (Wildman–Crippen MR) is 94.8 cm³/mol. The van der Waals surface area contributed by atoms with E-state index >= 15 is 0 Å². The van der Waals surface area contributed by atoms with Crippen LogP contribution in [0.3, 0.4) is 0 Å². The van der Waals surface area contributed by atoms with Gasteiger partial charge in [-0.25, -0.2) is 0 Å². The van der Waals surface area contributed by atoms with Gasteiger partial charge < -0.3 is 13.6 Å². The lowest BCUT2D eigenvalue weighted by Gasteiger charge is -2.11. The molecule has 0 spiro atoms. The second-order valence-corrected chi connectivity index (χ2v) is 6.62. The Morgan fingerprint density at radius 1 is 1.14 bits per heavy atom. The summed E-state index contributed by atoms with van der Waals surface area (Å²) in [5, 5.41) is 16.8. The minimum atomic E-state index is -4.65. The van der Waals surface area contributed by atoms with Crippen molar-refractivity contribution in [3.8, 4) is 17.5 Å². The highest BCUT2D eigenvalue weighted by molar-refractivity contribution is 5.87. The fourth-order valence-electron chi connectivity index (χ4n) is 3.42. The Hall–Kier alpha value is -3.61. The molecule has 0 aliphatic carbocycles. The van der Waals surface area contributed by atoms with Crippen LogP contribution in [0.2, 0.25) is 0 Å². The SMILES string of the molecule is Cc1noc(C)c1-c1nc(Cn2c(C)cc3c(C(F)(F)F)c(C#N)ccc32)no1. The van der Waals surface area contributed by atoms with Crippen LogP contribution in [0.1, 0.15) is 34.1 Å². The van der Waals surface area contributed by atoms with Crippen molar-refractivity contribution >= 4 is 10.9 Å². The van der Waals surface area contributed by atoms with E-state index in [4.69, 9.17) is 14.3 Å². The number of halogens is 3. The van der Waals surface area contributed by atoms with Gasteiger partial charge in [-0.2, -0.15) is 23.4 Å². The zero-order chi connectivity index (χ0) is 20.9. The van der Waals surface area contributed by atoms with Crippen molar-refractivity contribution < 1.29 is 22.2 Å². The second kappa shape index (κ2) is 6.48. The largest absolute Gasteiger partial charge is 0.418 e. The molecular formula is C19H14F3N5O2. The smallest absolute Gasteiger partial charge is 0.361 e. The number of aryl methyl sites for hydroxylation is 3. The van der Waals surface area contributed by atoms with Gasteiger partial charge >= 0.3 is 6.18 Å². The third-order valence-electron chi connectivity index (χ3n) is 4.71. The number of hydrogen-bond donors (Lipinski definition) is 0. The second-order valence-electron chi connectivity index (χ2n) is 6.62. The van der Waals surface area contributed by atoms with E-state index in [1.54, 1.807) is 31.4 Å². The highest BCUT2D eigenvalue weighted by Crippen LogP contribution is 2.38. The van der Waals surface area contributed by atoms with Crippen molar-refractivity contribution in [3.05, 3.63) is 52.3 Å². The van der Waals surface area contributed by atoms with Crippen LogP contribution in [-0.2, 0) is 12.7 Å². The predicted octanol–water partition coefficient (Wildman–Crippen LogP) is 4.54. The van der Waals surface area contributed by atoms with Crippen LogP contribution in [-0.4, -0.2) is 19.9 Å². The molecule has 3 heterocycles. The molecule has 0 aliphatic rings. The summed E-state index contributed by atoms with van der Waals surface area (Å²) in [6.07, 6.45) is -4.65. The van der Waals surface area contributed by atoms with Crippen molar-refractivity contribution in [2.24, 2.45) is 0 Å². The van der Waals surface area contributed by atoms with Gasteiger partial charge in [0.25, 0.3) is 5.89 Å². The lowest BCUT2D eigenvalue weighted by Crippen LogP contribution is -2.09. The Labute approximate surface area is 162 Å². The minimum Gasteiger partial charge on any atom is -0.361 e. The van der Waals surface area contributed by atoms with Crippen molar-refractivity contribution in [1.82, 2.24) is 19.9 Å². The Morgan fingerprint density at radius 3 is 2.52 bits per heavy atom. The number of benzene rings is 1. The number of nitriles is 1. The highest BCUT2D eigenvalue weighted by Gasteiger charge is 2.36. The Balaban J connectivity index is 1.79. The summed E-state index contributed by atoms with van der Waals surface area (Å²) < 4.78 is 52.7. The van der Waals surface area contributed by atoms with Gasteiger partial charge in [0.15, 0.2) is 5.82 Å². The van der Waals surface area contributed by atoms with E-state index in [9.17, 15) is 13.2 Å². The molecule has 0 unspecified atom stereocenters. The molecule has 148 valence electrons. The van der Waals surface area contributed by atoms with E-state index in [-0.39, 0.29) is 17.8 Å². The molecule has 7 nitrogen and oxygen atoms in total. The monoisotopic (exact) mass is 401 g/mol. The molecule has 0 N–H and O–H groups in total. The lowest BCUT2D eigenvalue weighted by molar-refractivity contribution is -0.136. The van der Waals surface area contributed by atoms with Crippen LogP contribution in [0, 0.1) is 32.1 Å². The summed E-state index contributed by atoms with van der Waals surface area (Å²) in [5.74, 6) is 1.05. The lowest BCUT2D eigenvalue weighted by atomic mass is 10.0. The first-order chi connectivity index (χ1) is 13.7. The third kappa shape index (κ3) is 3.04. The number of aromatic nitrogens is 4.